The number of rotatable bonds is 4. The van der Waals surface area contributed by atoms with E-state index in [1.165, 1.54) is 17.0 Å². The number of carboxylic acid groups (broad SMARTS) is 1. The Morgan fingerprint density at radius 3 is 2.52 bits per heavy atom. The molecule has 1 saturated heterocycles. The van der Waals surface area contributed by atoms with E-state index in [2.05, 4.69) is 0 Å². The van der Waals surface area contributed by atoms with Crippen LogP contribution in [0, 0.1) is 5.92 Å². The van der Waals surface area contributed by atoms with Gasteiger partial charge in [-0.1, -0.05) is 18.2 Å². The van der Waals surface area contributed by atoms with E-state index in [0.29, 0.717) is 18.5 Å². The third-order valence-corrected chi connectivity index (χ3v) is 4.26. The molecule has 4 nitrogen and oxygen atoms in total. The molecule has 0 spiro atoms. The molecule has 1 aromatic rings. The third-order valence-electron chi connectivity index (χ3n) is 4.26. The molecule has 0 aliphatic carbocycles. The van der Waals surface area contributed by atoms with Crippen LogP contribution in [0.5, 0.6) is 0 Å². The van der Waals surface area contributed by atoms with Crippen molar-refractivity contribution in [2.75, 3.05) is 6.54 Å². The summed E-state index contributed by atoms with van der Waals surface area (Å²) in [7, 11) is 0. The molecule has 1 aliphatic heterocycles. The monoisotopic (exact) mass is 329 g/mol. The SMILES string of the molecule is CC1C(C(=O)O)CCN1C(=O)c1ccccc1CCC(F)(F)F. The Bertz CT molecular complexity index is 600. The summed E-state index contributed by atoms with van der Waals surface area (Å²) in [5.74, 6) is -2.00. The van der Waals surface area contributed by atoms with Gasteiger partial charge in [0.2, 0.25) is 0 Å². The summed E-state index contributed by atoms with van der Waals surface area (Å²) in [5.41, 5.74) is 0.551. The van der Waals surface area contributed by atoms with Gasteiger partial charge in [-0.15, -0.1) is 0 Å². The Kier molecular flexibility index (Phi) is 4.97. The first-order chi connectivity index (χ1) is 10.7. The minimum Gasteiger partial charge on any atom is -0.481 e. The van der Waals surface area contributed by atoms with Gasteiger partial charge < -0.3 is 10.0 Å². The largest absolute Gasteiger partial charge is 0.481 e. The van der Waals surface area contributed by atoms with E-state index in [1.54, 1.807) is 19.1 Å². The predicted octanol–water partition coefficient (Wildman–Crippen LogP) is 3.12. The van der Waals surface area contributed by atoms with E-state index < -0.39 is 36.4 Å². The Morgan fingerprint density at radius 2 is 1.96 bits per heavy atom. The first kappa shape index (κ1) is 17.3. The van der Waals surface area contributed by atoms with Crippen molar-refractivity contribution < 1.29 is 27.9 Å². The molecular weight excluding hydrogens is 311 g/mol. The van der Waals surface area contributed by atoms with Crippen LogP contribution in [0.1, 0.15) is 35.7 Å². The van der Waals surface area contributed by atoms with Gasteiger partial charge in [-0.25, -0.2) is 0 Å². The van der Waals surface area contributed by atoms with Crippen molar-refractivity contribution in [3.05, 3.63) is 35.4 Å². The molecule has 2 atom stereocenters. The molecule has 1 aromatic carbocycles. The Balaban J connectivity index is 2.18. The molecule has 0 aromatic heterocycles. The summed E-state index contributed by atoms with van der Waals surface area (Å²) >= 11 is 0. The number of halogens is 3. The highest BCUT2D eigenvalue weighted by atomic mass is 19.4. The van der Waals surface area contributed by atoms with Gasteiger partial charge in [-0.05, 0) is 31.4 Å². The Morgan fingerprint density at radius 1 is 1.30 bits per heavy atom. The standard InChI is InChI=1S/C16H18F3NO3/c1-10-12(15(22)23)7-9-20(10)14(21)13-5-3-2-4-11(13)6-8-16(17,18)19/h2-5,10,12H,6-9H2,1H3,(H,22,23). The van der Waals surface area contributed by atoms with Gasteiger partial charge in [0.05, 0.1) is 5.92 Å². The number of carbonyl (C=O) groups excluding carboxylic acids is 1. The lowest BCUT2D eigenvalue weighted by Crippen LogP contribution is -2.38. The highest BCUT2D eigenvalue weighted by Gasteiger charge is 2.39. The first-order valence-corrected chi connectivity index (χ1v) is 7.39. The summed E-state index contributed by atoms with van der Waals surface area (Å²) in [5, 5.41) is 9.12. The van der Waals surface area contributed by atoms with Crippen LogP contribution in [0.25, 0.3) is 0 Å². The van der Waals surface area contributed by atoms with Crippen molar-refractivity contribution in [2.45, 2.75) is 38.4 Å². The minimum atomic E-state index is -4.29. The zero-order chi connectivity index (χ0) is 17.2. The minimum absolute atomic E-state index is 0.217. The zero-order valence-corrected chi connectivity index (χ0v) is 12.6. The van der Waals surface area contributed by atoms with Gasteiger partial charge in [0.1, 0.15) is 0 Å². The molecule has 1 N–H and O–H groups in total. The van der Waals surface area contributed by atoms with Crippen molar-refractivity contribution in [1.82, 2.24) is 4.90 Å². The maximum absolute atomic E-state index is 12.6. The predicted molar refractivity (Wildman–Crippen MR) is 77.1 cm³/mol. The molecule has 2 unspecified atom stereocenters. The molecule has 2 rings (SSSR count). The number of carbonyl (C=O) groups is 2. The van der Waals surface area contributed by atoms with Crippen molar-refractivity contribution >= 4 is 11.9 Å². The van der Waals surface area contributed by atoms with Crippen LogP contribution in [0.4, 0.5) is 13.2 Å². The lowest BCUT2D eigenvalue weighted by atomic mass is 10.00. The molecule has 0 radical (unpaired) electrons. The molecule has 126 valence electrons. The van der Waals surface area contributed by atoms with E-state index in [-0.39, 0.29) is 12.0 Å². The molecule has 1 fully saturated rings. The molecule has 23 heavy (non-hydrogen) atoms. The summed E-state index contributed by atoms with van der Waals surface area (Å²) in [6, 6.07) is 5.72. The van der Waals surface area contributed by atoms with E-state index in [4.69, 9.17) is 5.11 Å². The van der Waals surface area contributed by atoms with Crippen LogP contribution >= 0.6 is 0 Å². The second-order valence-electron chi connectivity index (χ2n) is 5.74. The highest BCUT2D eigenvalue weighted by molar-refractivity contribution is 5.96. The van der Waals surface area contributed by atoms with Crippen LogP contribution in [0.3, 0.4) is 0 Å². The maximum Gasteiger partial charge on any atom is 0.389 e. The number of alkyl halides is 3. The van der Waals surface area contributed by atoms with Crippen molar-refractivity contribution in [1.29, 1.82) is 0 Å². The topological polar surface area (TPSA) is 57.6 Å². The average molecular weight is 329 g/mol. The quantitative estimate of drug-likeness (QED) is 0.923. The lowest BCUT2D eigenvalue weighted by Gasteiger charge is -2.24. The molecular formula is C16H18F3NO3. The van der Waals surface area contributed by atoms with Crippen LogP contribution in [0.15, 0.2) is 24.3 Å². The summed E-state index contributed by atoms with van der Waals surface area (Å²) in [6.45, 7) is 1.95. The molecule has 1 aliphatic rings. The zero-order valence-electron chi connectivity index (χ0n) is 12.6. The fourth-order valence-electron chi connectivity index (χ4n) is 2.93. The molecule has 7 heteroatoms. The lowest BCUT2D eigenvalue weighted by molar-refractivity contribution is -0.142. The summed E-state index contributed by atoms with van der Waals surface area (Å²) in [6.07, 6.45) is -5.20. The smallest absolute Gasteiger partial charge is 0.389 e. The second-order valence-corrected chi connectivity index (χ2v) is 5.74. The van der Waals surface area contributed by atoms with Crippen LogP contribution in [-0.4, -0.2) is 40.6 Å². The van der Waals surface area contributed by atoms with Gasteiger partial charge >= 0.3 is 12.1 Å². The summed E-state index contributed by atoms with van der Waals surface area (Å²) < 4.78 is 37.2. The van der Waals surface area contributed by atoms with E-state index in [1.807, 2.05) is 0 Å². The van der Waals surface area contributed by atoms with Crippen LogP contribution in [-0.2, 0) is 11.2 Å². The van der Waals surface area contributed by atoms with Crippen molar-refractivity contribution in [2.24, 2.45) is 5.92 Å². The van der Waals surface area contributed by atoms with Crippen LogP contribution < -0.4 is 0 Å². The average Bonchev–Trinajstić information content (AvgIpc) is 2.86. The number of amides is 1. The number of aryl methyl sites for hydroxylation is 1. The third kappa shape index (κ3) is 4.03. The number of likely N-dealkylation sites (tertiary alicyclic amines) is 1. The van der Waals surface area contributed by atoms with Gasteiger partial charge in [0, 0.05) is 24.6 Å². The Labute approximate surface area is 131 Å². The highest BCUT2D eigenvalue weighted by Crippen LogP contribution is 2.28. The number of hydrogen-bond acceptors (Lipinski definition) is 2. The van der Waals surface area contributed by atoms with E-state index in [9.17, 15) is 22.8 Å². The fourth-order valence-corrected chi connectivity index (χ4v) is 2.93. The number of nitrogens with zero attached hydrogens (tertiary/aromatic N) is 1. The van der Waals surface area contributed by atoms with E-state index >= 15 is 0 Å². The van der Waals surface area contributed by atoms with Gasteiger partial charge in [-0.2, -0.15) is 13.2 Å². The number of carboxylic acids is 1. The van der Waals surface area contributed by atoms with Gasteiger partial charge in [0.15, 0.2) is 0 Å². The number of benzene rings is 1. The molecule has 1 heterocycles. The molecule has 0 bridgehead atoms. The second kappa shape index (κ2) is 6.60. The first-order valence-electron chi connectivity index (χ1n) is 7.39. The van der Waals surface area contributed by atoms with Crippen molar-refractivity contribution in [3.63, 3.8) is 0 Å². The number of hydrogen-bond donors (Lipinski definition) is 1. The van der Waals surface area contributed by atoms with Crippen LogP contribution in [0.2, 0.25) is 0 Å². The fraction of sp³-hybridized carbons (Fsp3) is 0.500. The Hall–Kier alpha value is -2.05. The maximum atomic E-state index is 12.6. The van der Waals surface area contributed by atoms with E-state index in [0.717, 1.165) is 0 Å². The number of aliphatic carboxylic acids is 1. The summed E-state index contributed by atoms with van der Waals surface area (Å²) in [4.78, 5) is 25.2. The van der Waals surface area contributed by atoms with Crippen molar-refractivity contribution in [3.8, 4) is 0 Å². The normalized spacial score (nSPS) is 21.5. The van der Waals surface area contributed by atoms with Gasteiger partial charge in [-0.3, -0.25) is 9.59 Å². The molecule has 0 saturated carbocycles. The van der Waals surface area contributed by atoms with Gasteiger partial charge in [0.25, 0.3) is 5.91 Å². The molecule has 1 amide bonds.